The van der Waals surface area contributed by atoms with E-state index in [1.54, 1.807) is 23.4 Å². The molecule has 4 aromatic rings. The van der Waals surface area contributed by atoms with Crippen LogP contribution >= 0.6 is 22.7 Å². The molecule has 1 N–H and O–H groups in total. The van der Waals surface area contributed by atoms with E-state index < -0.39 is 0 Å². The van der Waals surface area contributed by atoms with Crippen molar-refractivity contribution in [2.24, 2.45) is 7.05 Å². The highest BCUT2D eigenvalue weighted by Crippen LogP contribution is 2.27. The normalized spacial score (nSPS) is 10.7. The number of thiazole rings is 2. The Morgan fingerprint density at radius 2 is 1.93 bits per heavy atom. The van der Waals surface area contributed by atoms with E-state index in [2.05, 4.69) is 20.4 Å². The second-order valence-corrected chi connectivity index (χ2v) is 7.38. The summed E-state index contributed by atoms with van der Waals surface area (Å²) in [5.74, 6) is 0.500. The molecule has 0 spiro atoms. The molecule has 7 nitrogen and oxygen atoms in total. The topological polar surface area (TPSA) is 81.9 Å². The number of carbonyl (C=O) groups is 1. The number of benzene rings is 1. The van der Waals surface area contributed by atoms with E-state index in [0.717, 1.165) is 27.6 Å². The Bertz CT molecular complexity index is 1080. The Labute approximate surface area is 163 Å². The van der Waals surface area contributed by atoms with Gasteiger partial charge in [-0.25, -0.2) is 9.97 Å². The van der Waals surface area contributed by atoms with E-state index >= 15 is 0 Å². The molecule has 0 aliphatic rings. The van der Waals surface area contributed by atoms with Gasteiger partial charge < -0.3 is 4.74 Å². The number of anilines is 1. The molecular weight excluding hydrogens is 382 g/mol. The molecule has 1 aromatic carbocycles. The molecule has 4 rings (SSSR count). The Hall–Kier alpha value is -3.04. The second-order valence-electron chi connectivity index (χ2n) is 5.66. The fourth-order valence-electron chi connectivity index (χ4n) is 2.42. The van der Waals surface area contributed by atoms with Crippen molar-refractivity contribution in [2.75, 3.05) is 12.4 Å². The van der Waals surface area contributed by atoms with Gasteiger partial charge in [0.25, 0.3) is 5.91 Å². The first kappa shape index (κ1) is 17.4. The minimum Gasteiger partial charge on any atom is -0.497 e. The highest BCUT2D eigenvalue weighted by atomic mass is 32.1. The minimum atomic E-state index is -0.280. The van der Waals surface area contributed by atoms with E-state index in [1.807, 2.05) is 42.9 Å². The van der Waals surface area contributed by atoms with E-state index in [-0.39, 0.29) is 5.91 Å². The van der Waals surface area contributed by atoms with Gasteiger partial charge in [-0.3, -0.25) is 14.8 Å². The third-order valence-electron chi connectivity index (χ3n) is 3.80. The highest BCUT2D eigenvalue weighted by Gasteiger charge is 2.14. The van der Waals surface area contributed by atoms with Crippen LogP contribution in [-0.2, 0) is 7.05 Å². The third kappa shape index (κ3) is 3.74. The first-order valence-corrected chi connectivity index (χ1v) is 9.74. The van der Waals surface area contributed by atoms with Crippen LogP contribution in [0.25, 0.3) is 21.8 Å². The molecule has 0 aliphatic carbocycles. The van der Waals surface area contributed by atoms with Crippen molar-refractivity contribution in [2.45, 2.75) is 0 Å². The maximum absolute atomic E-state index is 12.5. The molecule has 0 bridgehead atoms. The zero-order valence-electron chi connectivity index (χ0n) is 14.5. The van der Waals surface area contributed by atoms with E-state index in [1.165, 1.54) is 22.7 Å². The lowest BCUT2D eigenvalue weighted by molar-refractivity contribution is 0.102. The van der Waals surface area contributed by atoms with Gasteiger partial charge in [0.1, 0.15) is 16.5 Å². The number of hydrogen-bond donors (Lipinski definition) is 1. The van der Waals surface area contributed by atoms with E-state index in [4.69, 9.17) is 4.74 Å². The Kier molecular flexibility index (Phi) is 4.69. The van der Waals surface area contributed by atoms with Gasteiger partial charge in [0.15, 0.2) is 5.13 Å². The van der Waals surface area contributed by atoms with Crippen LogP contribution in [0.2, 0.25) is 0 Å². The zero-order chi connectivity index (χ0) is 18.8. The van der Waals surface area contributed by atoms with Crippen LogP contribution in [0.4, 0.5) is 5.13 Å². The van der Waals surface area contributed by atoms with Crippen LogP contribution in [0.3, 0.4) is 0 Å². The van der Waals surface area contributed by atoms with E-state index in [0.29, 0.717) is 10.8 Å². The summed E-state index contributed by atoms with van der Waals surface area (Å²) in [5.41, 5.74) is 2.99. The molecule has 1 amide bonds. The van der Waals surface area contributed by atoms with Crippen molar-refractivity contribution in [3.05, 3.63) is 53.1 Å². The molecule has 0 saturated heterocycles. The lowest BCUT2D eigenvalue weighted by Crippen LogP contribution is -2.12. The maximum Gasteiger partial charge on any atom is 0.276 e. The van der Waals surface area contributed by atoms with Crippen molar-refractivity contribution < 1.29 is 9.53 Å². The summed E-state index contributed by atoms with van der Waals surface area (Å²) >= 11 is 2.78. The SMILES string of the molecule is COc1ccc(-c2nc(C(=O)Nc3nc(-c4cnn(C)c4)cs3)cs2)cc1. The molecular formula is C18H15N5O2S2. The van der Waals surface area contributed by atoms with Crippen molar-refractivity contribution >= 4 is 33.7 Å². The van der Waals surface area contributed by atoms with Crippen LogP contribution in [0.15, 0.2) is 47.4 Å². The Morgan fingerprint density at radius 1 is 1.11 bits per heavy atom. The largest absolute Gasteiger partial charge is 0.497 e. The van der Waals surface area contributed by atoms with Gasteiger partial charge in [0.05, 0.1) is 19.0 Å². The molecule has 9 heteroatoms. The molecule has 0 aliphatic heterocycles. The molecule has 0 saturated carbocycles. The van der Waals surface area contributed by atoms with Gasteiger partial charge in [-0.1, -0.05) is 0 Å². The predicted molar refractivity (Wildman–Crippen MR) is 106 cm³/mol. The number of rotatable bonds is 5. The predicted octanol–water partition coefficient (Wildman–Crippen LogP) is 3.93. The molecule has 3 aromatic heterocycles. The summed E-state index contributed by atoms with van der Waals surface area (Å²) in [6.07, 6.45) is 3.62. The highest BCUT2D eigenvalue weighted by molar-refractivity contribution is 7.14. The van der Waals surface area contributed by atoms with Crippen LogP contribution in [-0.4, -0.2) is 32.8 Å². The Balaban J connectivity index is 1.47. The summed E-state index contributed by atoms with van der Waals surface area (Å²) < 4.78 is 6.87. The number of ether oxygens (including phenoxy) is 1. The summed E-state index contributed by atoms with van der Waals surface area (Å²) in [5, 5.41) is 11.9. The molecule has 0 radical (unpaired) electrons. The first-order valence-electron chi connectivity index (χ1n) is 7.98. The minimum absolute atomic E-state index is 0.280. The van der Waals surface area contributed by atoms with Crippen LogP contribution in [0.5, 0.6) is 5.75 Å². The van der Waals surface area contributed by atoms with Crippen molar-refractivity contribution in [1.29, 1.82) is 0 Å². The maximum atomic E-state index is 12.5. The first-order chi connectivity index (χ1) is 13.1. The number of methoxy groups -OCH3 is 1. The number of nitrogens with zero attached hydrogens (tertiary/aromatic N) is 4. The summed E-state index contributed by atoms with van der Waals surface area (Å²) in [4.78, 5) is 21.3. The van der Waals surface area contributed by atoms with Gasteiger partial charge in [0, 0.05) is 35.1 Å². The molecule has 136 valence electrons. The van der Waals surface area contributed by atoms with Gasteiger partial charge >= 0.3 is 0 Å². The lowest BCUT2D eigenvalue weighted by Gasteiger charge is -2.00. The number of aryl methyl sites for hydroxylation is 1. The number of aromatic nitrogens is 4. The molecule has 3 heterocycles. The van der Waals surface area contributed by atoms with Gasteiger partial charge in [-0.15, -0.1) is 22.7 Å². The second kappa shape index (κ2) is 7.29. The van der Waals surface area contributed by atoms with Gasteiger partial charge in [-0.05, 0) is 24.3 Å². The summed E-state index contributed by atoms with van der Waals surface area (Å²) in [7, 11) is 3.47. The molecule has 0 unspecified atom stereocenters. The summed E-state index contributed by atoms with van der Waals surface area (Å²) in [6, 6.07) is 7.57. The van der Waals surface area contributed by atoms with Crippen molar-refractivity contribution in [3.8, 4) is 27.6 Å². The monoisotopic (exact) mass is 397 g/mol. The van der Waals surface area contributed by atoms with Crippen molar-refractivity contribution in [1.82, 2.24) is 19.7 Å². The van der Waals surface area contributed by atoms with Crippen LogP contribution in [0, 0.1) is 0 Å². The average Bonchev–Trinajstić information content (AvgIpc) is 3.42. The third-order valence-corrected chi connectivity index (χ3v) is 5.45. The lowest BCUT2D eigenvalue weighted by atomic mass is 10.2. The van der Waals surface area contributed by atoms with Crippen LogP contribution in [0.1, 0.15) is 10.5 Å². The number of amides is 1. The average molecular weight is 397 g/mol. The zero-order valence-corrected chi connectivity index (χ0v) is 16.2. The van der Waals surface area contributed by atoms with E-state index in [9.17, 15) is 4.79 Å². The quantitative estimate of drug-likeness (QED) is 0.552. The fraction of sp³-hybridized carbons (Fsp3) is 0.111. The standard InChI is InChI=1S/C18H15N5O2S2/c1-23-8-12(7-19-23)14-9-27-18(21-14)22-16(24)15-10-26-17(20-15)11-3-5-13(25-2)6-4-11/h3-10H,1-2H3,(H,21,22,24). The molecule has 0 atom stereocenters. The number of hydrogen-bond acceptors (Lipinski definition) is 7. The van der Waals surface area contributed by atoms with Gasteiger partial charge in [-0.2, -0.15) is 5.10 Å². The molecule has 27 heavy (non-hydrogen) atoms. The Morgan fingerprint density at radius 3 is 2.63 bits per heavy atom. The smallest absolute Gasteiger partial charge is 0.276 e. The number of carbonyl (C=O) groups excluding carboxylic acids is 1. The van der Waals surface area contributed by atoms with Crippen LogP contribution < -0.4 is 10.1 Å². The van der Waals surface area contributed by atoms with Crippen molar-refractivity contribution in [3.63, 3.8) is 0 Å². The summed E-state index contributed by atoms with van der Waals surface area (Å²) in [6.45, 7) is 0. The number of nitrogens with one attached hydrogen (secondary N) is 1. The van der Waals surface area contributed by atoms with Gasteiger partial charge in [0.2, 0.25) is 0 Å². The molecule has 0 fully saturated rings. The fourth-order valence-corrected chi connectivity index (χ4v) is 3.94.